The maximum Gasteiger partial charge on any atom is 0.433 e. The Bertz CT molecular complexity index is 1520. The van der Waals surface area contributed by atoms with Gasteiger partial charge in [-0.3, -0.25) is 9.78 Å². The highest BCUT2D eigenvalue weighted by atomic mass is 35.5. The van der Waals surface area contributed by atoms with Crippen LogP contribution in [0.1, 0.15) is 27.4 Å². The largest absolute Gasteiger partial charge is 0.491 e. The number of hydrogen-bond donors (Lipinski definition) is 1. The highest BCUT2D eigenvalue weighted by Gasteiger charge is 2.33. The lowest BCUT2D eigenvalue weighted by molar-refractivity contribution is -0.141. The number of anilines is 1. The molecule has 0 spiro atoms. The lowest BCUT2D eigenvalue weighted by Gasteiger charge is -2.22. The van der Waals surface area contributed by atoms with Crippen LogP contribution in [-0.4, -0.2) is 45.2 Å². The number of hydrogen-bond acceptors (Lipinski definition) is 7. The third-order valence-corrected chi connectivity index (χ3v) is 6.03. The molecule has 0 atom stereocenters. The number of carbonyl (C=O) groups excluding carboxylic acids is 1. The van der Waals surface area contributed by atoms with Crippen molar-refractivity contribution in [1.82, 2.24) is 25.6 Å². The molecule has 9 nitrogen and oxygen atoms in total. The number of benzene rings is 2. The molecule has 0 aliphatic carbocycles. The van der Waals surface area contributed by atoms with Crippen LogP contribution in [0.4, 0.5) is 18.9 Å². The quantitative estimate of drug-likeness (QED) is 0.322. The number of nitrogens with zero attached hydrogens (tertiary/aromatic N) is 6. The average molecular weight is 562 g/mol. The van der Waals surface area contributed by atoms with Crippen molar-refractivity contribution < 1.29 is 22.7 Å². The summed E-state index contributed by atoms with van der Waals surface area (Å²) in [6, 6.07) is 11.5. The van der Waals surface area contributed by atoms with Gasteiger partial charge in [0.2, 0.25) is 0 Å². The van der Waals surface area contributed by atoms with Crippen molar-refractivity contribution in [2.45, 2.75) is 12.6 Å². The second kappa shape index (κ2) is 11.0. The molecular formula is C24H16Cl2F3N7O2. The fourth-order valence-electron chi connectivity index (χ4n) is 3.56. The predicted molar refractivity (Wildman–Crippen MR) is 132 cm³/mol. The van der Waals surface area contributed by atoms with Crippen LogP contribution in [-0.2, 0) is 12.6 Å². The first kappa shape index (κ1) is 26.8. The Morgan fingerprint density at radius 2 is 1.95 bits per heavy atom. The van der Waals surface area contributed by atoms with Gasteiger partial charge in [0, 0.05) is 41.4 Å². The van der Waals surface area contributed by atoms with Crippen LogP contribution < -0.4 is 9.64 Å². The van der Waals surface area contributed by atoms with Crippen LogP contribution in [0.25, 0.3) is 11.1 Å². The minimum absolute atomic E-state index is 0.0477. The zero-order valence-corrected chi connectivity index (χ0v) is 20.9. The van der Waals surface area contributed by atoms with Crippen LogP contribution >= 0.6 is 23.2 Å². The number of carbonyl (C=O) groups is 1. The Labute approximate surface area is 223 Å². The summed E-state index contributed by atoms with van der Waals surface area (Å²) in [7, 11) is 1.49. The first-order valence-electron chi connectivity index (χ1n) is 10.8. The maximum atomic E-state index is 13.5. The standard InChI is InChI=1S/C24H16Cl2F3N7O2/c1-36(22-18(26)3-2-4-19(22)38-8-7-21-32-34-35-33-21)23(37)13-5-6-17(25)15(9-13)16-12-31-20(24(27,28)29)10-14(16)11-30/h2-6,9-10,12H,7-8H2,1H3,(H,32,33,34,35). The first-order chi connectivity index (χ1) is 18.1. The molecule has 14 heteroatoms. The molecule has 1 amide bonds. The van der Waals surface area contributed by atoms with Crippen LogP contribution in [0.2, 0.25) is 10.0 Å². The number of pyridine rings is 1. The number of H-pyrrole nitrogens is 1. The molecule has 194 valence electrons. The molecule has 0 aliphatic heterocycles. The lowest BCUT2D eigenvalue weighted by Crippen LogP contribution is -2.27. The average Bonchev–Trinajstić information content (AvgIpc) is 3.41. The number of nitriles is 1. The molecule has 0 saturated heterocycles. The molecule has 0 bridgehead atoms. The maximum absolute atomic E-state index is 13.5. The molecule has 0 unspecified atom stereocenters. The summed E-state index contributed by atoms with van der Waals surface area (Å²) < 4.78 is 45.0. The van der Waals surface area contributed by atoms with Crippen molar-refractivity contribution in [3.63, 3.8) is 0 Å². The number of amides is 1. The Morgan fingerprint density at radius 1 is 1.16 bits per heavy atom. The van der Waals surface area contributed by atoms with E-state index in [-0.39, 0.29) is 38.9 Å². The molecule has 4 aromatic rings. The second-order valence-electron chi connectivity index (χ2n) is 7.82. The van der Waals surface area contributed by atoms with Crippen LogP contribution in [0, 0.1) is 11.3 Å². The Hall–Kier alpha value is -4.21. The molecule has 0 saturated carbocycles. The van der Waals surface area contributed by atoms with E-state index >= 15 is 0 Å². The third-order valence-electron chi connectivity index (χ3n) is 5.39. The normalized spacial score (nSPS) is 11.2. The van der Waals surface area contributed by atoms with E-state index in [2.05, 4.69) is 25.6 Å². The zero-order chi connectivity index (χ0) is 27.4. The van der Waals surface area contributed by atoms with E-state index in [4.69, 9.17) is 27.9 Å². The number of para-hydroxylation sites is 1. The van der Waals surface area contributed by atoms with Gasteiger partial charge in [-0.25, -0.2) is 5.10 Å². The first-order valence-corrected chi connectivity index (χ1v) is 11.5. The molecule has 4 rings (SSSR count). The van der Waals surface area contributed by atoms with Crippen LogP contribution in [0.3, 0.4) is 0 Å². The molecule has 1 N–H and O–H groups in total. The number of rotatable bonds is 7. The van der Waals surface area contributed by atoms with Gasteiger partial charge in [-0.15, -0.1) is 5.10 Å². The third kappa shape index (κ3) is 5.69. The van der Waals surface area contributed by atoms with E-state index in [1.165, 1.54) is 30.1 Å². The number of aromatic amines is 1. The van der Waals surface area contributed by atoms with E-state index in [0.29, 0.717) is 29.7 Å². The predicted octanol–water partition coefficient (Wildman–Crippen LogP) is 5.36. The van der Waals surface area contributed by atoms with E-state index in [1.807, 2.05) is 0 Å². The van der Waals surface area contributed by atoms with E-state index in [9.17, 15) is 23.2 Å². The van der Waals surface area contributed by atoms with Crippen molar-refractivity contribution in [1.29, 1.82) is 5.26 Å². The van der Waals surface area contributed by atoms with Crippen molar-refractivity contribution in [2.24, 2.45) is 0 Å². The van der Waals surface area contributed by atoms with Gasteiger partial charge in [-0.05, 0) is 46.8 Å². The van der Waals surface area contributed by atoms with Gasteiger partial charge in [0.05, 0.1) is 23.3 Å². The van der Waals surface area contributed by atoms with Crippen molar-refractivity contribution in [3.8, 4) is 22.9 Å². The highest BCUT2D eigenvalue weighted by Crippen LogP contribution is 2.38. The minimum Gasteiger partial charge on any atom is -0.491 e. The topological polar surface area (TPSA) is 121 Å². The summed E-state index contributed by atoms with van der Waals surface area (Å²) in [6.45, 7) is 0.190. The van der Waals surface area contributed by atoms with Crippen molar-refractivity contribution in [2.75, 3.05) is 18.6 Å². The number of tetrazole rings is 1. The van der Waals surface area contributed by atoms with E-state index < -0.39 is 17.8 Å². The van der Waals surface area contributed by atoms with E-state index in [0.717, 1.165) is 6.20 Å². The van der Waals surface area contributed by atoms with Gasteiger partial charge >= 0.3 is 6.18 Å². The summed E-state index contributed by atoms with van der Waals surface area (Å²) >= 11 is 12.7. The van der Waals surface area contributed by atoms with Gasteiger partial charge in [-0.2, -0.15) is 18.4 Å². The Morgan fingerprint density at radius 3 is 2.63 bits per heavy atom. The highest BCUT2D eigenvalue weighted by molar-refractivity contribution is 6.35. The summed E-state index contributed by atoms with van der Waals surface area (Å²) in [4.78, 5) is 18.2. The lowest BCUT2D eigenvalue weighted by atomic mass is 9.99. The molecule has 2 aromatic carbocycles. The van der Waals surface area contributed by atoms with Gasteiger partial charge in [-0.1, -0.05) is 29.3 Å². The fraction of sp³-hybridized carbons (Fsp3) is 0.167. The summed E-state index contributed by atoms with van der Waals surface area (Å²) in [5.41, 5.74) is -0.872. The van der Waals surface area contributed by atoms with Crippen LogP contribution in [0.15, 0.2) is 48.7 Å². The van der Waals surface area contributed by atoms with Gasteiger partial charge in [0.15, 0.2) is 5.82 Å². The number of nitrogens with one attached hydrogen (secondary N) is 1. The molecule has 0 aliphatic rings. The molecule has 0 radical (unpaired) electrons. The van der Waals surface area contributed by atoms with Crippen LogP contribution in [0.5, 0.6) is 5.75 Å². The Kier molecular flexibility index (Phi) is 7.80. The minimum atomic E-state index is -4.73. The SMILES string of the molecule is CN(C(=O)c1ccc(Cl)c(-c2cnc(C(F)(F)F)cc2C#N)c1)c1c(Cl)cccc1OCCc1nnn[nH]1. The van der Waals surface area contributed by atoms with Gasteiger partial charge in [0.1, 0.15) is 17.1 Å². The van der Waals surface area contributed by atoms with Gasteiger partial charge < -0.3 is 9.64 Å². The molecule has 38 heavy (non-hydrogen) atoms. The number of alkyl halides is 3. The monoisotopic (exact) mass is 561 g/mol. The van der Waals surface area contributed by atoms with Crippen molar-refractivity contribution >= 4 is 34.8 Å². The zero-order valence-electron chi connectivity index (χ0n) is 19.4. The van der Waals surface area contributed by atoms with E-state index in [1.54, 1.807) is 24.3 Å². The number of halogens is 5. The summed E-state index contributed by atoms with van der Waals surface area (Å²) in [5, 5.41) is 23.2. The Balaban J connectivity index is 1.64. The molecular weight excluding hydrogens is 546 g/mol. The molecule has 2 heterocycles. The smallest absolute Gasteiger partial charge is 0.433 e. The summed E-state index contributed by atoms with van der Waals surface area (Å²) in [6.07, 6.45) is -3.45. The van der Waals surface area contributed by atoms with Crippen molar-refractivity contribution in [3.05, 3.63) is 81.4 Å². The molecule has 2 aromatic heterocycles. The number of ether oxygens (including phenoxy) is 1. The second-order valence-corrected chi connectivity index (χ2v) is 8.63. The van der Waals surface area contributed by atoms with Gasteiger partial charge in [0.25, 0.3) is 5.91 Å². The summed E-state index contributed by atoms with van der Waals surface area (Å²) in [5.74, 6) is 0.327. The molecule has 0 fully saturated rings. The fourth-order valence-corrected chi connectivity index (χ4v) is 4.07. The number of aromatic nitrogens is 5.